The second-order valence-electron chi connectivity index (χ2n) is 7.50. The molecule has 1 aliphatic heterocycles. The van der Waals surface area contributed by atoms with Crippen molar-refractivity contribution in [3.05, 3.63) is 40.9 Å². The lowest BCUT2D eigenvalue weighted by Crippen LogP contribution is -2.40. The number of amides is 2. The standard InChI is InChI=1S/C20H19ClN2O3/c1-2-26-16-6-3-11(21)7-10(16)9-22-23-19(24)17-12-4-5-13(15-8-14(12)15)18(17)20(23)25/h3-7,9,12-15,17-18H,2,8H2,1H3/b22-9-/t12-,13-,14-,15+,17-,18+/m0/s1. The normalized spacial score (nSPS) is 36.6. The molecule has 0 spiro atoms. The summed E-state index contributed by atoms with van der Waals surface area (Å²) in [6, 6.07) is 5.22. The highest BCUT2D eigenvalue weighted by Gasteiger charge is 2.67. The summed E-state index contributed by atoms with van der Waals surface area (Å²) < 4.78 is 5.57. The zero-order valence-electron chi connectivity index (χ0n) is 14.3. The molecule has 2 amide bonds. The first-order chi connectivity index (χ1) is 12.6. The van der Waals surface area contributed by atoms with Gasteiger partial charge in [0.1, 0.15) is 5.75 Å². The van der Waals surface area contributed by atoms with E-state index in [2.05, 4.69) is 17.3 Å². The molecule has 5 nitrogen and oxygen atoms in total. The van der Waals surface area contributed by atoms with E-state index in [0.29, 0.717) is 34.8 Å². The van der Waals surface area contributed by atoms with Gasteiger partial charge in [-0.15, -0.1) is 0 Å². The molecule has 1 heterocycles. The van der Waals surface area contributed by atoms with Gasteiger partial charge in [0.15, 0.2) is 0 Å². The largest absolute Gasteiger partial charge is 0.493 e. The SMILES string of the molecule is CCOc1ccc(Cl)cc1/C=N\N1C(=O)[C@@H]2[C@H]3C=C[C@@H]([C@@H]4C[C@H]34)[C@@H]2C1=O. The summed E-state index contributed by atoms with van der Waals surface area (Å²) in [5.41, 5.74) is 0.652. The van der Waals surface area contributed by atoms with Gasteiger partial charge in [-0.25, -0.2) is 0 Å². The molecular weight excluding hydrogens is 352 g/mol. The fourth-order valence-electron chi connectivity index (χ4n) is 5.08. The van der Waals surface area contributed by atoms with Crippen molar-refractivity contribution in [2.24, 2.45) is 40.6 Å². The topological polar surface area (TPSA) is 59.0 Å². The number of benzene rings is 1. The van der Waals surface area contributed by atoms with Crippen LogP contribution in [0.1, 0.15) is 18.9 Å². The van der Waals surface area contributed by atoms with E-state index < -0.39 is 0 Å². The van der Waals surface area contributed by atoms with E-state index in [4.69, 9.17) is 16.3 Å². The van der Waals surface area contributed by atoms with Crippen molar-refractivity contribution in [1.29, 1.82) is 0 Å². The third kappa shape index (κ3) is 2.19. The molecule has 0 radical (unpaired) electrons. The smallest absolute Gasteiger partial charge is 0.254 e. The molecule has 0 unspecified atom stereocenters. The summed E-state index contributed by atoms with van der Waals surface area (Å²) in [5.74, 6) is 1.41. The summed E-state index contributed by atoms with van der Waals surface area (Å²) in [5, 5.41) is 5.86. The minimum atomic E-state index is -0.232. The maximum absolute atomic E-state index is 12.9. The van der Waals surface area contributed by atoms with Crippen LogP contribution in [0.3, 0.4) is 0 Å². The number of carbonyl (C=O) groups excluding carboxylic acids is 2. The lowest BCUT2D eigenvalue weighted by molar-refractivity contribution is -0.140. The van der Waals surface area contributed by atoms with Crippen LogP contribution in [-0.4, -0.2) is 29.6 Å². The van der Waals surface area contributed by atoms with Crippen LogP contribution in [0.5, 0.6) is 5.75 Å². The van der Waals surface area contributed by atoms with Gasteiger partial charge in [0, 0.05) is 10.6 Å². The molecule has 6 rings (SSSR count). The summed E-state index contributed by atoms with van der Waals surface area (Å²) in [7, 11) is 0. The van der Waals surface area contributed by atoms with Crippen LogP contribution in [0, 0.1) is 35.5 Å². The average molecular weight is 371 g/mol. The van der Waals surface area contributed by atoms with Gasteiger partial charge in [0.25, 0.3) is 11.8 Å². The van der Waals surface area contributed by atoms with Crippen LogP contribution in [0.25, 0.3) is 0 Å². The van der Waals surface area contributed by atoms with E-state index in [-0.39, 0.29) is 35.5 Å². The molecule has 3 fully saturated rings. The molecule has 0 N–H and O–H groups in total. The van der Waals surface area contributed by atoms with Crippen LogP contribution in [0.2, 0.25) is 5.02 Å². The first-order valence-corrected chi connectivity index (χ1v) is 9.50. The molecule has 5 aliphatic rings. The Morgan fingerprint density at radius 1 is 1.19 bits per heavy atom. The highest BCUT2D eigenvalue weighted by Crippen LogP contribution is 2.65. The van der Waals surface area contributed by atoms with Crippen molar-refractivity contribution >= 4 is 29.6 Å². The molecule has 1 aromatic carbocycles. The van der Waals surface area contributed by atoms with Gasteiger partial charge < -0.3 is 4.74 Å². The number of ether oxygens (including phenoxy) is 1. The molecule has 6 atom stereocenters. The van der Waals surface area contributed by atoms with Crippen LogP contribution < -0.4 is 4.74 Å². The van der Waals surface area contributed by atoms with Gasteiger partial charge >= 0.3 is 0 Å². The minimum Gasteiger partial charge on any atom is -0.493 e. The first-order valence-electron chi connectivity index (χ1n) is 9.12. The zero-order valence-corrected chi connectivity index (χ0v) is 15.1. The van der Waals surface area contributed by atoms with Crippen molar-refractivity contribution in [3.8, 4) is 5.75 Å². The van der Waals surface area contributed by atoms with Crippen LogP contribution in [0.4, 0.5) is 0 Å². The van der Waals surface area contributed by atoms with E-state index in [9.17, 15) is 9.59 Å². The molecule has 134 valence electrons. The lowest BCUT2D eigenvalue weighted by Gasteiger charge is -2.37. The number of halogens is 1. The van der Waals surface area contributed by atoms with Gasteiger partial charge in [0.2, 0.25) is 0 Å². The van der Waals surface area contributed by atoms with Gasteiger partial charge in [-0.1, -0.05) is 23.8 Å². The molecule has 1 aromatic rings. The minimum absolute atomic E-state index is 0.166. The Hall–Kier alpha value is -2.14. The monoisotopic (exact) mass is 370 g/mol. The number of hydrogen-bond donors (Lipinski definition) is 0. The third-order valence-corrected chi connectivity index (χ3v) is 6.46. The highest BCUT2D eigenvalue weighted by molar-refractivity contribution is 6.31. The van der Waals surface area contributed by atoms with Crippen LogP contribution in [0.15, 0.2) is 35.5 Å². The molecule has 26 heavy (non-hydrogen) atoms. The average Bonchev–Trinajstić information content (AvgIpc) is 3.41. The number of rotatable bonds is 4. The van der Waals surface area contributed by atoms with Crippen LogP contribution in [-0.2, 0) is 9.59 Å². The van der Waals surface area contributed by atoms with Gasteiger partial charge in [0.05, 0.1) is 24.7 Å². The third-order valence-electron chi connectivity index (χ3n) is 6.22. The maximum atomic E-state index is 12.9. The number of imide groups is 1. The van der Waals surface area contributed by atoms with Crippen molar-refractivity contribution in [3.63, 3.8) is 0 Å². The summed E-state index contributed by atoms with van der Waals surface area (Å²) in [4.78, 5) is 25.8. The van der Waals surface area contributed by atoms with Gasteiger partial charge in [-0.3, -0.25) is 9.59 Å². The summed E-state index contributed by atoms with van der Waals surface area (Å²) >= 11 is 6.06. The molecule has 4 aliphatic carbocycles. The van der Waals surface area contributed by atoms with Gasteiger partial charge in [-0.05, 0) is 55.2 Å². The molecule has 2 bridgehead atoms. The summed E-state index contributed by atoms with van der Waals surface area (Å²) in [6.45, 7) is 2.40. The molecular formula is C20H19ClN2O3. The maximum Gasteiger partial charge on any atom is 0.254 e. The second-order valence-corrected chi connectivity index (χ2v) is 7.94. The van der Waals surface area contributed by atoms with E-state index >= 15 is 0 Å². The Morgan fingerprint density at radius 2 is 1.85 bits per heavy atom. The fraction of sp³-hybridized carbons (Fsp3) is 0.450. The molecule has 0 aromatic heterocycles. The van der Waals surface area contributed by atoms with Gasteiger partial charge in [-0.2, -0.15) is 10.1 Å². The van der Waals surface area contributed by atoms with Crippen molar-refractivity contribution < 1.29 is 14.3 Å². The Morgan fingerprint density at radius 3 is 2.46 bits per heavy atom. The lowest BCUT2D eigenvalue weighted by atomic mass is 9.63. The van der Waals surface area contributed by atoms with E-state index in [1.165, 1.54) is 6.21 Å². The number of hydrazone groups is 1. The Labute approximate surface area is 156 Å². The number of hydrogen-bond acceptors (Lipinski definition) is 4. The van der Waals surface area contributed by atoms with E-state index in [0.717, 1.165) is 11.4 Å². The summed E-state index contributed by atoms with van der Waals surface area (Å²) in [6.07, 6.45) is 6.96. The van der Waals surface area contributed by atoms with E-state index in [1.54, 1.807) is 18.2 Å². The quantitative estimate of drug-likeness (QED) is 0.465. The number of allylic oxidation sites excluding steroid dienone is 2. The van der Waals surface area contributed by atoms with Crippen molar-refractivity contribution in [2.75, 3.05) is 6.61 Å². The Kier molecular flexibility index (Phi) is 3.51. The number of carbonyl (C=O) groups is 2. The predicted octanol–water partition coefficient (Wildman–Crippen LogP) is 3.13. The molecule has 6 heteroatoms. The highest BCUT2D eigenvalue weighted by atomic mass is 35.5. The van der Waals surface area contributed by atoms with E-state index in [1.807, 2.05) is 6.92 Å². The predicted molar refractivity (Wildman–Crippen MR) is 96.8 cm³/mol. The Bertz CT molecular complexity index is 829. The van der Waals surface area contributed by atoms with Crippen LogP contribution >= 0.6 is 11.6 Å². The Balaban J connectivity index is 1.44. The van der Waals surface area contributed by atoms with Crippen molar-refractivity contribution in [2.45, 2.75) is 13.3 Å². The molecule has 1 saturated heterocycles. The zero-order chi connectivity index (χ0) is 18.0. The van der Waals surface area contributed by atoms with Crippen molar-refractivity contribution in [1.82, 2.24) is 5.01 Å². The second kappa shape index (κ2) is 5.68. The molecule has 2 saturated carbocycles. The fourth-order valence-corrected chi connectivity index (χ4v) is 5.26. The number of nitrogens with zero attached hydrogens (tertiary/aromatic N) is 2. The first kappa shape index (κ1) is 16.1.